The number of benzene rings is 1. The highest BCUT2D eigenvalue weighted by molar-refractivity contribution is 6.30. The largest absolute Gasteiger partial charge is 0.392 e. The lowest BCUT2D eigenvalue weighted by Gasteiger charge is -2.18. The Labute approximate surface area is 191 Å². The molecule has 0 aliphatic carbocycles. The first-order valence-corrected chi connectivity index (χ1v) is 10.4. The Morgan fingerprint density at radius 2 is 2.03 bits per heavy atom. The molecule has 3 N–H and O–H groups in total. The summed E-state index contributed by atoms with van der Waals surface area (Å²) in [4.78, 5) is 21.2. The van der Waals surface area contributed by atoms with Crippen molar-refractivity contribution in [2.24, 2.45) is 0 Å². The summed E-state index contributed by atoms with van der Waals surface area (Å²) in [5, 5.41) is 15.8. The highest BCUT2D eigenvalue weighted by atomic mass is 35.5. The maximum atomic E-state index is 14.5. The summed E-state index contributed by atoms with van der Waals surface area (Å²) in [7, 11) is 0. The smallest absolute Gasteiger partial charge is 0.255 e. The molecule has 0 spiro atoms. The van der Waals surface area contributed by atoms with Crippen molar-refractivity contribution in [3.05, 3.63) is 77.0 Å². The predicted molar refractivity (Wildman–Crippen MR) is 126 cm³/mol. The van der Waals surface area contributed by atoms with E-state index >= 15 is 0 Å². The topological polar surface area (TPSA) is 87.1 Å². The summed E-state index contributed by atoms with van der Waals surface area (Å²) >= 11 is 6.07. The molecule has 32 heavy (non-hydrogen) atoms. The average molecular weight is 455 g/mol. The second-order valence-electron chi connectivity index (χ2n) is 7.53. The number of allylic oxidation sites excluding steroid dienone is 1. The number of nitrogens with zero attached hydrogens (tertiary/aromatic N) is 2. The Morgan fingerprint density at radius 3 is 2.72 bits per heavy atom. The SMILES string of the molecule is C=C(C)c1c(Nc2ccncc2C(=O)NCC(C)O)cc(-c2cc(Cl)ccc2F)nc1C. The number of nitrogens with one attached hydrogen (secondary N) is 2. The molecule has 1 atom stereocenters. The van der Waals surface area contributed by atoms with Crippen molar-refractivity contribution in [3.63, 3.8) is 0 Å². The van der Waals surface area contributed by atoms with Crippen molar-refractivity contribution in [1.82, 2.24) is 15.3 Å². The van der Waals surface area contributed by atoms with Gasteiger partial charge in [0.2, 0.25) is 0 Å². The van der Waals surface area contributed by atoms with Crippen molar-refractivity contribution in [3.8, 4) is 11.3 Å². The zero-order chi connectivity index (χ0) is 23.4. The van der Waals surface area contributed by atoms with Crippen LogP contribution in [0.5, 0.6) is 0 Å². The summed E-state index contributed by atoms with van der Waals surface area (Å²) in [5.74, 6) is -0.831. The van der Waals surface area contributed by atoms with Gasteiger partial charge in [-0.15, -0.1) is 0 Å². The van der Waals surface area contributed by atoms with Gasteiger partial charge in [0.25, 0.3) is 5.91 Å². The third-order valence-electron chi connectivity index (χ3n) is 4.72. The van der Waals surface area contributed by atoms with E-state index in [2.05, 4.69) is 27.2 Å². The number of hydrogen-bond acceptors (Lipinski definition) is 5. The first kappa shape index (κ1) is 23.4. The van der Waals surface area contributed by atoms with E-state index in [0.29, 0.717) is 33.3 Å². The predicted octanol–water partition coefficient (Wildman–Crippen LogP) is 5.13. The molecule has 0 fully saturated rings. The molecule has 8 heteroatoms. The monoisotopic (exact) mass is 454 g/mol. The van der Waals surface area contributed by atoms with Crippen LogP contribution in [0.1, 0.15) is 35.5 Å². The van der Waals surface area contributed by atoms with Crippen LogP contribution in [0.4, 0.5) is 15.8 Å². The number of rotatable bonds is 7. The number of aryl methyl sites for hydroxylation is 1. The van der Waals surface area contributed by atoms with Crippen molar-refractivity contribution < 1.29 is 14.3 Å². The molecule has 0 aliphatic rings. The minimum Gasteiger partial charge on any atom is -0.392 e. The van der Waals surface area contributed by atoms with Gasteiger partial charge in [-0.3, -0.25) is 14.8 Å². The van der Waals surface area contributed by atoms with E-state index < -0.39 is 11.9 Å². The third-order valence-corrected chi connectivity index (χ3v) is 4.96. The molecule has 166 valence electrons. The lowest BCUT2D eigenvalue weighted by molar-refractivity contribution is 0.0924. The maximum Gasteiger partial charge on any atom is 0.255 e. The number of pyridine rings is 2. The summed E-state index contributed by atoms with van der Waals surface area (Å²) in [5.41, 5.74) is 4.21. The van der Waals surface area contributed by atoms with Gasteiger partial charge in [0.1, 0.15) is 5.82 Å². The van der Waals surface area contributed by atoms with Gasteiger partial charge in [0, 0.05) is 40.8 Å². The molecule has 1 aromatic carbocycles. The van der Waals surface area contributed by atoms with E-state index in [-0.39, 0.29) is 18.0 Å². The van der Waals surface area contributed by atoms with Crippen LogP contribution in [0.3, 0.4) is 0 Å². The third kappa shape index (κ3) is 5.30. The van der Waals surface area contributed by atoms with Gasteiger partial charge in [0.05, 0.1) is 28.7 Å². The number of carbonyl (C=O) groups excluding carboxylic acids is 1. The molecular weight excluding hydrogens is 431 g/mol. The fourth-order valence-corrected chi connectivity index (χ4v) is 3.48. The fraction of sp³-hybridized carbons (Fsp3) is 0.208. The quantitative estimate of drug-likeness (QED) is 0.460. The van der Waals surface area contributed by atoms with Gasteiger partial charge < -0.3 is 15.7 Å². The molecule has 0 radical (unpaired) electrons. The Morgan fingerprint density at radius 1 is 1.28 bits per heavy atom. The zero-order valence-electron chi connectivity index (χ0n) is 18.0. The molecule has 6 nitrogen and oxygen atoms in total. The first-order chi connectivity index (χ1) is 15.2. The van der Waals surface area contributed by atoms with Crippen LogP contribution in [0.15, 0.2) is 49.3 Å². The van der Waals surface area contributed by atoms with Crippen LogP contribution in [0.25, 0.3) is 16.8 Å². The number of aliphatic hydroxyl groups is 1. The second-order valence-corrected chi connectivity index (χ2v) is 7.96. The molecule has 0 bridgehead atoms. The molecule has 1 amide bonds. The Bertz CT molecular complexity index is 1180. The highest BCUT2D eigenvalue weighted by Gasteiger charge is 2.18. The molecule has 1 unspecified atom stereocenters. The van der Waals surface area contributed by atoms with Crippen LogP contribution in [0.2, 0.25) is 5.02 Å². The molecular formula is C24H24ClFN4O2. The summed E-state index contributed by atoms with van der Waals surface area (Å²) < 4.78 is 14.5. The summed E-state index contributed by atoms with van der Waals surface area (Å²) in [6.07, 6.45) is 2.31. The Balaban J connectivity index is 2.08. The van der Waals surface area contributed by atoms with Gasteiger partial charge in [-0.2, -0.15) is 0 Å². The van der Waals surface area contributed by atoms with Crippen molar-refractivity contribution in [2.75, 3.05) is 11.9 Å². The molecule has 3 aromatic rings. The van der Waals surface area contributed by atoms with E-state index in [9.17, 15) is 14.3 Å². The van der Waals surface area contributed by atoms with Crippen LogP contribution in [0, 0.1) is 12.7 Å². The normalized spacial score (nSPS) is 11.7. The Hall–Kier alpha value is -3.29. The second kappa shape index (κ2) is 9.89. The van der Waals surface area contributed by atoms with E-state index in [1.807, 2.05) is 13.8 Å². The maximum absolute atomic E-state index is 14.5. The number of carbonyl (C=O) groups is 1. The number of aliphatic hydroxyl groups excluding tert-OH is 1. The van der Waals surface area contributed by atoms with E-state index in [1.54, 1.807) is 25.3 Å². The van der Waals surface area contributed by atoms with Crippen molar-refractivity contribution in [1.29, 1.82) is 0 Å². The van der Waals surface area contributed by atoms with Gasteiger partial charge >= 0.3 is 0 Å². The van der Waals surface area contributed by atoms with Crippen LogP contribution >= 0.6 is 11.6 Å². The Kier molecular flexibility index (Phi) is 7.22. The summed E-state index contributed by atoms with van der Waals surface area (Å²) in [6, 6.07) is 7.65. The zero-order valence-corrected chi connectivity index (χ0v) is 18.8. The van der Waals surface area contributed by atoms with Crippen LogP contribution < -0.4 is 10.6 Å². The molecule has 0 saturated carbocycles. The molecule has 0 aliphatic heterocycles. The molecule has 3 rings (SSSR count). The van der Waals surface area contributed by atoms with Gasteiger partial charge in [0.15, 0.2) is 0 Å². The van der Waals surface area contributed by atoms with E-state index in [1.165, 1.54) is 24.4 Å². The number of anilines is 2. The van der Waals surface area contributed by atoms with Crippen LogP contribution in [-0.4, -0.2) is 33.6 Å². The van der Waals surface area contributed by atoms with E-state index in [0.717, 1.165) is 11.1 Å². The van der Waals surface area contributed by atoms with Crippen molar-refractivity contribution in [2.45, 2.75) is 26.9 Å². The molecule has 2 heterocycles. The lowest BCUT2D eigenvalue weighted by atomic mass is 10.0. The standard InChI is InChI=1S/C24H24ClFN4O2/c1-13(2)23-15(4)29-21(17-9-16(25)5-6-19(17)26)10-22(23)30-20-7-8-27-12-18(20)24(32)28-11-14(3)31/h5-10,12,14,31H,1,11H2,2-4H3,(H,28,32)(H,27,29,30). The van der Waals surface area contributed by atoms with Crippen molar-refractivity contribution >= 4 is 34.5 Å². The molecule has 2 aromatic heterocycles. The number of amides is 1. The van der Waals surface area contributed by atoms with Crippen LogP contribution in [-0.2, 0) is 0 Å². The number of halogens is 2. The highest BCUT2D eigenvalue weighted by Crippen LogP contribution is 2.34. The fourth-order valence-electron chi connectivity index (χ4n) is 3.31. The minimum atomic E-state index is -0.681. The minimum absolute atomic E-state index is 0.108. The summed E-state index contributed by atoms with van der Waals surface area (Å²) in [6.45, 7) is 9.38. The number of hydrogen-bond donors (Lipinski definition) is 3. The van der Waals surface area contributed by atoms with E-state index in [4.69, 9.17) is 11.6 Å². The molecule has 0 saturated heterocycles. The van der Waals surface area contributed by atoms with Gasteiger partial charge in [-0.1, -0.05) is 18.2 Å². The van der Waals surface area contributed by atoms with Gasteiger partial charge in [-0.05, 0) is 56.7 Å². The number of aromatic nitrogens is 2. The van der Waals surface area contributed by atoms with Gasteiger partial charge in [-0.25, -0.2) is 4.39 Å². The first-order valence-electron chi connectivity index (χ1n) is 9.97. The lowest BCUT2D eigenvalue weighted by Crippen LogP contribution is -2.31. The average Bonchev–Trinajstić information content (AvgIpc) is 2.73.